The monoisotopic (exact) mass is 279 g/mol. The van der Waals surface area contributed by atoms with Crippen molar-refractivity contribution in [2.75, 3.05) is 0 Å². The molecule has 1 aliphatic carbocycles. The Labute approximate surface area is 122 Å². The molecule has 1 aromatic heterocycles. The first-order valence-electron chi connectivity index (χ1n) is 8.01. The highest BCUT2D eigenvalue weighted by atomic mass is 16.3. The Kier molecular flexibility index (Phi) is 4.84. The molecule has 1 N–H and O–H groups in total. The standard InChI is InChI=1S/C16H29N3O/c1-12(2)10-19-15(17-11-18-19)9-16(20)8-6-5-7-14(16)13(3)4/h11-14,20H,5-10H2,1-4H3. The second-order valence-corrected chi connectivity index (χ2v) is 7.13. The SMILES string of the molecule is CC(C)Cn1ncnc1CC1(O)CCCCC1C(C)C. The number of aromatic nitrogens is 3. The molecule has 0 aliphatic heterocycles. The van der Waals surface area contributed by atoms with Crippen LogP contribution in [0.5, 0.6) is 0 Å². The zero-order valence-electron chi connectivity index (χ0n) is 13.3. The van der Waals surface area contributed by atoms with Crippen LogP contribution in [0.2, 0.25) is 0 Å². The number of hydrogen-bond acceptors (Lipinski definition) is 3. The third-order valence-electron chi connectivity index (χ3n) is 4.57. The quantitative estimate of drug-likeness (QED) is 0.901. The molecule has 1 aromatic rings. The molecule has 0 aromatic carbocycles. The highest BCUT2D eigenvalue weighted by Crippen LogP contribution is 2.40. The van der Waals surface area contributed by atoms with E-state index in [1.807, 2.05) is 4.68 Å². The van der Waals surface area contributed by atoms with Crippen molar-refractivity contribution in [1.82, 2.24) is 14.8 Å². The van der Waals surface area contributed by atoms with Gasteiger partial charge in [0.1, 0.15) is 12.2 Å². The predicted molar refractivity (Wildman–Crippen MR) is 80.3 cm³/mol. The summed E-state index contributed by atoms with van der Waals surface area (Å²) in [4.78, 5) is 4.39. The Morgan fingerprint density at radius 1 is 1.35 bits per heavy atom. The average Bonchev–Trinajstić information content (AvgIpc) is 2.75. The van der Waals surface area contributed by atoms with E-state index in [-0.39, 0.29) is 0 Å². The van der Waals surface area contributed by atoms with Crippen molar-refractivity contribution in [3.05, 3.63) is 12.2 Å². The van der Waals surface area contributed by atoms with Gasteiger partial charge >= 0.3 is 0 Å². The smallest absolute Gasteiger partial charge is 0.138 e. The normalized spacial score (nSPS) is 27.4. The third kappa shape index (κ3) is 3.40. The van der Waals surface area contributed by atoms with Crippen molar-refractivity contribution in [1.29, 1.82) is 0 Å². The fraction of sp³-hybridized carbons (Fsp3) is 0.875. The summed E-state index contributed by atoms with van der Waals surface area (Å²) in [5.41, 5.74) is -0.603. The van der Waals surface area contributed by atoms with Crippen LogP contribution in [0.1, 0.15) is 59.2 Å². The summed E-state index contributed by atoms with van der Waals surface area (Å²) < 4.78 is 1.97. The molecule has 0 saturated heterocycles. The molecule has 20 heavy (non-hydrogen) atoms. The molecule has 2 atom stereocenters. The lowest BCUT2D eigenvalue weighted by atomic mass is 9.68. The molecule has 0 spiro atoms. The van der Waals surface area contributed by atoms with Gasteiger partial charge < -0.3 is 5.11 Å². The Hall–Kier alpha value is -0.900. The van der Waals surface area contributed by atoms with Gasteiger partial charge in [0.05, 0.1) is 5.60 Å². The molecule has 4 heteroatoms. The minimum Gasteiger partial charge on any atom is -0.389 e. The van der Waals surface area contributed by atoms with Gasteiger partial charge in [-0.15, -0.1) is 0 Å². The molecule has 1 fully saturated rings. The summed E-state index contributed by atoms with van der Waals surface area (Å²) >= 11 is 0. The summed E-state index contributed by atoms with van der Waals surface area (Å²) in [6.45, 7) is 9.67. The van der Waals surface area contributed by atoms with Gasteiger partial charge in [-0.25, -0.2) is 9.67 Å². The summed E-state index contributed by atoms with van der Waals surface area (Å²) in [5, 5.41) is 15.5. The predicted octanol–water partition coefficient (Wildman–Crippen LogP) is 3.05. The van der Waals surface area contributed by atoms with Gasteiger partial charge in [0.2, 0.25) is 0 Å². The number of rotatable bonds is 5. The van der Waals surface area contributed by atoms with E-state index in [4.69, 9.17) is 0 Å². The van der Waals surface area contributed by atoms with E-state index in [9.17, 15) is 5.11 Å². The van der Waals surface area contributed by atoms with E-state index >= 15 is 0 Å². The average molecular weight is 279 g/mol. The van der Waals surface area contributed by atoms with Gasteiger partial charge in [0.25, 0.3) is 0 Å². The van der Waals surface area contributed by atoms with Crippen LogP contribution >= 0.6 is 0 Å². The van der Waals surface area contributed by atoms with Crippen LogP contribution in [-0.2, 0) is 13.0 Å². The fourth-order valence-corrected chi connectivity index (χ4v) is 3.62. The van der Waals surface area contributed by atoms with Crippen molar-refractivity contribution in [3.8, 4) is 0 Å². The van der Waals surface area contributed by atoms with Gasteiger partial charge in [-0.05, 0) is 30.6 Å². The second kappa shape index (κ2) is 6.25. The van der Waals surface area contributed by atoms with Crippen LogP contribution in [0.3, 0.4) is 0 Å². The second-order valence-electron chi connectivity index (χ2n) is 7.13. The van der Waals surface area contributed by atoms with Gasteiger partial charge in [-0.1, -0.05) is 40.5 Å². The number of aliphatic hydroxyl groups is 1. The lowest BCUT2D eigenvalue weighted by Gasteiger charge is -2.42. The minimum atomic E-state index is -0.603. The van der Waals surface area contributed by atoms with Gasteiger partial charge in [0, 0.05) is 13.0 Å². The van der Waals surface area contributed by atoms with Crippen molar-refractivity contribution in [3.63, 3.8) is 0 Å². The van der Waals surface area contributed by atoms with Crippen LogP contribution in [0, 0.1) is 17.8 Å². The van der Waals surface area contributed by atoms with E-state index in [0.717, 1.165) is 31.6 Å². The first-order valence-corrected chi connectivity index (χ1v) is 8.01. The minimum absolute atomic E-state index is 0.375. The van der Waals surface area contributed by atoms with Gasteiger partial charge in [-0.2, -0.15) is 5.10 Å². The summed E-state index contributed by atoms with van der Waals surface area (Å²) in [6, 6.07) is 0. The summed E-state index contributed by atoms with van der Waals surface area (Å²) in [7, 11) is 0. The van der Waals surface area contributed by atoms with Crippen LogP contribution in [0.4, 0.5) is 0 Å². The Bertz CT molecular complexity index is 427. The molecule has 1 saturated carbocycles. The maximum Gasteiger partial charge on any atom is 0.138 e. The highest BCUT2D eigenvalue weighted by molar-refractivity contribution is 5.00. The largest absolute Gasteiger partial charge is 0.389 e. The lowest BCUT2D eigenvalue weighted by Crippen LogP contribution is -2.45. The molecule has 0 radical (unpaired) electrons. The topological polar surface area (TPSA) is 50.9 Å². The fourth-order valence-electron chi connectivity index (χ4n) is 3.62. The molecular formula is C16H29N3O. The van der Waals surface area contributed by atoms with Crippen LogP contribution < -0.4 is 0 Å². The van der Waals surface area contributed by atoms with E-state index in [0.29, 0.717) is 24.2 Å². The number of nitrogens with zero attached hydrogens (tertiary/aromatic N) is 3. The maximum atomic E-state index is 11.2. The first-order chi connectivity index (χ1) is 9.42. The van der Waals surface area contributed by atoms with Crippen molar-refractivity contribution in [2.24, 2.45) is 17.8 Å². The van der Waals surface area contributed by atoms with Crippen molar-refractivity contribution in [2.45, 2.75) is 71.9 Å². The Balaban J connectivity index is 2.16. The van der Waals surface area contributed by atoms with E-state index in [1.54, 1.807) is 6.33 Å². The zero-order valence-corrected chi connectivity index (χ0v) is 13.3. The molecular weight excluding hydrogens is 250 g/mol. The molecule has 2 rings (SSSR count). The van der Waals surface area contributed by atoms with Gasteiger partial charge in [-0.3, -0.25) is 0 Å². The molecule has 1 aliphatic rings. The van der Waals surface area contributed by atoms with Crippen molar-refractivity contribution < 1.29 is 5.11 Å². The van der Waals surface area contributed by atoms with Crippen LogP contribution in [0.25, 0.3) is 0 Å². The number of hydrogen-bond donors (Lipinski definition) is 1. The van der Waals surface area contributed by atoms with Gasteiger partial charge in [0.15, 0.2) is 0 Å². The lowest BCUT2D eigenvalue weighted by molar-refractivity contribution is -0.0672. The van der Waals surface area contributed by atoms with Crippen LogP contribution in [-0.4, -0.2) is 25.5 Å². The zero-order chi connectivity index (χ0) is 14.8. The summed E-state index contributed by atoms with van der Waals surface area (Å²) in [6.07, 6.45) is 6.65. The Morgan fingerprint density at radius 2 is 2.10 bits per heavy atom. The Morgan fingerprint density at radius 3 is 2.75 bits per heavy atom. The molecule has 0 bridgehead atoms. The van der Waals surface area contributed by atoms with E-state index in [2.05, 4.69) is 37.8 Å². The van der Waals surface area contributed by atoms with Crippen LogP contribution in [0.15, 0.2) is 6.33 Å². The molecule has 0 amide bonds. The highest BCUT2D eigenvalue weighted by Gasteiger charge is 2.41. The van der Waals surface area contributed by atoms with E-state index < -0.39 is 5.60 Å². The van der Waals surface area contributed by atoms with Crippen molar-refractivity contribution >= 4 is 0 Å². The summed E-state index contributed by atoms with van der Waals surface area (Å²) in [5.74, 6) is 2.37. The molecule has 114 valence electrons. The van der Waals surface area contributed by atoms with E-state index in [1.165, 1.54) is 6.42 Å². The molecule has 1 heterocycles. The third-order valence-corrected chi connectivity index (χ3v) is 4.57. The maximum absolute atomic E-state index is 11.2. The first kappa shape index (κ1) is 15.5. The molecule has 2 unspecified atom stereocenters. The molecule has 4 nitrogen and oxygen atoms in total.